The predicted octanol–water partition coefficient (Wildman–Crippen LogP) is 1.45. The lowest BCUT2D eigenvalue weighted by atomic mass is 10.0. The van der Waals surface area contributed by atoms with Gasteiger partial charge in [0.25, 0.3) is 0 Å². The number of hydroxylamine groups is 2. The highest BCUT2D eigenvalue weighted by Crippen LogP contribution is 2.31. The molecule has 7 heteroatoms. The van der Waals surface area contributed by atoms with Crippen LogP contribution in [0.15, 0.2) is 30.3 Å². The lowest BCUT2D eigenvalue weighted by Gasteiger charge is -2.28. The van der Waals surface area contributed by atoms with E-state index in [9.17, 15) is 9.59 Å². The van der Waals surface area contributed by atoms with Gasteiger partial charge in [-0.3, -0.25) is 4.84 Å². The molecule has 7 nitrogen and oxygen atoms in total. The molecule has 0 radical (unpaired) electrons. The molecule has 1 aromatic carbocycles. The smallest absolute Gasteiger partial charge is 0.345 e. The second-order valence-electron chi connectivity index (χ2n) is 5.53. The van der Waals surface area contributed by atoms with Gasteiger partial charge in [-0.15, -0.1) is 0 Å². The number of urea groups is 1. The van der Waals surface area contributed by atoms with Gasteiger partial charge in [0.05, 0.1) is 6.04 Å². The van der Waals surface area contributed by atoms with E-state index in [-0.39, 0.29) is 18.7 Å². The van der Waals surface area contributed by atoms with Crippen LogP contribution in [0.4, 0.5) is 4.79 Å². The second-order valence-corrected chi connectivity index (χ2v) is 5.53. The Morgan fingerprint density at radius 1 is 1.30 bits per heavy atom. The molecule has 2 aliphatic rings. The molecule has 120 valence electrons. The van der Waals surface area contributed by atoms with Gasteiger partial charge in [-0.1, -0.05) is 30.3 Å². The number of ether oxygens (including phenoxy) is 1. The van der Waals surface area contributed by atoms with Crippen molar-refractivity contribution in [2.24, 2.45) is 0 Å². The summed E-state index contributed by atoms with van der Waals surface area (Å²) in [7, 11) is 0. The van der Waals surface area contributed by atoms with Crippen molar-refractivity contribution in [3.8, 4) is 6.07 Å². The molecule has 0 aromatic heterocycles. The first kappa shape index (κ1) is 15.3. The van der Waals surface area contributed by atoms with E-state index in [4.69, 9.17) is 14.8 Å². The summed E-state index contributed by atoms with van der Waals surface area (Å²) in [4.78, 5) is 31.5. The number of hydrogen-bond donors (Lipinski definition) is 0. The summed E-state index contributed by atoms with van der Waals surface area (Å²) in [5.41, 5.74) is 0.974. The molecule has 0 unspecified atom stereocenters. The van der Waals surface area contributed by atoms with Crippen molar-refractivity contribution < 1.29 is 19.2 Å². The molecule has 23 heavy (non-hydrogen) atoms. The first-order valence-corrected chi connectivity index (χ1v) is 7.51. The number of carbonyl (C=O) groups is 2. The normalized spacial score (nSPS) is 22.8. The van der Waals surface area contributed by atoms with E-state index in [0.717, 1.165) is 5.56 Å². The Bertz CT molecular complexity index is 628. The van der Waals surface area contributed by atoms with E-state index in [0.29, 0.717) is 26.0 Å². The standard InChI is InChI=1S/C16H17N3O4/c17-8-9-22-15(20)14-7-6-13-10-18(14)16(21)19(13)23-11-12-4-2-1-3-5-12/h1-5,13-14H,6-7,9-11H2/t13-,14+/m1/s1. The van der Waals surface area contributed by atoms with Crippen LogP contribution in [-0.4, -0.2) is 47.2 Å². The van der Waals surface area contributed by atoms with Crippen LogP contribution < -0.4 is 0 Å². The Hall–Kier alpha value is -2.59. The Balaban J connectivity index is 1.62. The van der Waals surface area contributed by atoms with Crippen molar-refractivity contribution in [2.45, 2.75) is 31.5 Å². The fourth-order valence-corrected chi connectivity index (χ4v) is 2.96. The number of benzene rings is 1. The minimum Gasteiger partial charge on any atom is -0.449 e. The molecule has 0 N–H and O–H groups in total. The molecule has 2 bridgehead atoms. The van der Waals surface area contributed by atoms with E-state index in [1.807, 2.05) is 30.3 Å². The fraction of sp³-hybridized carbons (Fsp3) is 0.438. The Morgan fingerprint density at radius 3 is 2.83 bits per heavy atom. The van der Waals surface area contributed by atoms with Gasteiger partial charge in [-0.05, 0) is 18.4 Å². The molecule has 0 spiro atoms. The van der Waals surface area contributed by atoms with Crippen molar-refractivity contribution >= 4 is 12.0 Å². The minimum atomic E-state index is -0.627. The number of hydrogen-bond acceptors (Lipinski definition) is 5. The molecule has 2 fully saturated rings. The third-order valence-electron chi connectivity index (χ3n) is 4.09. The maximum Gasteiger partial charge on any atom is 0.345 e. The van der Waals surface area contributed by atoms with Gasteiger partial charge in [-0.2, -0.15) is 10.3 Å². The average Bonchev–Trinajstić information content (AvgIpc) is 2.83. The summed E-state index contributed by atoms with van der Waals surface area (Å²) in [6.45, 7) is 0.454. The van der Waals surface area contributed by atoms with Gasteiger partial charge in [0, 0.05) is 6.54 Å². The van der Waals surface area contributed by atoms with Crippen molar-refractivity contribution in [1.82, 2.24) is 9.96 Å². The minimum absolute atomic E-state index is 0.0498. The highest BCUT2D eigenvalue weighted by molar-refractivity contribution is 5.85. The van der Waals surface area contributed by atoms with E-state index < -0.39 is 12.0 Å². The Labute approximate surface area is 133 Å². The zero-order valence-electron chi connectivity index (χ0n) is 12.6. The van der Waals surface area contributed by atoms with Crippen molar-refractivity contribution in [3.63, 3.8) is 0 Å². The molecule has 0 aliphatic carbocycles. The van der Waals surface area contributed by atoms with Crippen molar-refractivity contribution in [1.29, 1.82) is 5.26 Å². The van der Waals surface area contributed by atoms with E-state index in [2.05, 4.69) is 0 Å². The fourth-order valence-electron chi connectivity index (χ4n) is 2.96. The van der Waals surface area contributed by atoms with Gasteiger partial charge in [0.1, 0.15) is 18.7 Å². The number of amides is 2. The largest absolute Gasteiger partial charge is 0.449 e. The number of nitrogens with zero attached hydrogens (tertiary/aromatic N) is 3. The van der Waals surface area contributed by atoms with E-state index in [1.165, 1.54) is 9.96 Å². The molecular formula is C16H17N3O4. The van der Waals surface area contributed by atoms with Crippen LogP contribution in [0, 0.1) is 11.3 Å². The van der Waals surface area contributed by atoms with E-state index >= 15 is 0 Å². The maximum absolute atomic E-state index is 12.5. The first-order chi connectivity index (χ1) is 11.2. The summed E-state index contributed by atoms with van der Waals surface area (Å²) >= 11 is 0. The molecule has 3 rings (SSSR count). The number of esters is 1. The van der Waals surface area contributed by atoms with Gasteiger partial charge in [-0.25, -0.2) is 9.59 Å². The molecule has 0 saturated carbocycles. The monoisotopic (exact) mass is 315 g/mol. The summed E-state index contributed by atoms with van der Waals surface area (Å²) in [6.07, 6.45) is 1.19. The summed E-state index contributed by atoms with van der Waals surface area (Å²) < 4.78 is 4.84. The highest BCUT2D eigenvalue weighted by Gasteiger charge is 2.48. The van der Waals surface area contributed by atoms with Crippen LogP contribution in [0.3, 0.4) is 0 Å². The second kappa shape index (κ2) is 6.67. The van der Waals surface area contributed by atoms with Crippen LogP contribution in [-0.2, 0) is 21.0 Å². The predicted molar refractivity (Wildman–Crippen MR) is 78.6 cm³/mol. The lowest BCUT2D eigenvalue weighted by molar-refractivity contribution is -0.148. The van der Waals surface area contributed by atoms with Crippen LogP contribution in [0.25, 0.3) is 0 Å². The SMILES string of the molecule is N#CCOC(=O)[C@@H]1CC[C@@H]2CN1C(=O)N2OCc1ccccc1. The summed E-state index contributed by atoms with van der Waals surface area (Å²) in [6, 6.07) is 10.4. The molecule has 2 amide bonds. The number of nitriles is 1. The molecule has 2 saturated heterocycles. The van der Waals surface area contributed by atoms with Gasteiger partial charge in [0.15, 0.2) is 6.61 Å². The molecule has 1 aromatic rings. The van der Waals surface area contributed by atoms with Gasteiger partial charge < -0.3 is 9.64 Å². The van der Waals surface area contributed by atoms with Crippen molar-refractivity contribution in [3.05, 3.63) is 35.9 Å². The Kier molecular flexibility index (Phi) is 4.44. The zero-order valence-corrected chi connectivity index (χ0v) is 12.6. The van der Waals surface area contributed by atoms with E-state index in [1.54, 1.807) is 6.07 Å². The van der Waals surface area contributed by atoms with Crippen LogP contribution in [0.2, 0.25) is 0 Å². The summed E-state index contributed by atoms with van der Waals surface area (Å²) in [5.74, 6) is -0.525. The molecular weight excluding hydrogens is 298 g/mol. The zero-order chi connectivity index (χ0) is 16.2. The van der Waals surface area contributed by atoms with Crippen LogP contribution in [0.5, 0.6) is 0 Å². The average molecular weight is 315 g/mol. The third-order valence-corrected chi connectivity index (χ3v) is 4.09. The number of fused-ring (bicyclic) bond motifs is 2. The third kappa shape index (κ3) is 3.12. The van der Waals surface area contributed by atoms with Crippen LogP contribution >= 0.6 is 0 Å². The van der Waals surface area contributed by atoms with Crippen LogP contribution in [0.1, 0.15) is 18.4 Å². The Morgan fingerprint density at radius 2 is 2.09 bits per heavy atom. The summed E-state index contributed by atoms with van der Waals surface area (Å²) in [5, 5.41) is 9.85. The van der Waals surface area contributed by atoms with Crippen molar-refractivity contribution in [2.75, 3.05) is 13.2 Å². The number of rotatable bonds is 5. The maximum atomic E-state index is 12.5. The molecule has 2 aliphatic heterocycles. The number of piperidine rings is 1. The lowest BCUT2D eigenvalue weighted by Crippen LogP contribution is -2.45. The highest BCUT2D eigenvalue weighted by atomic mass is 16.7. The first-order valence-electron chi connectivity index (χ1n) is 7.51. The van der Waals surface area contributed by atoms with Gasteiger partial charge >= 0.3 is 12.0 Å². The topological polar surface area (TPSA) is 82.9 Å². The quantitative estimate of drug-likeness (QED) is 0.768. The molecule has 2 atom stereocenters. The molecule has 2 heterocycles. The number of carbonyl (C=O) groups excluding carboxylic acids is 2. The van der Waals surface area contributed by atoms with Gasteiger partial charge in [0.2, 0.25) is 0 Å².